The third-order valence-electron chi connectivity index (χ3n) is 4.98. The van der Waals surface area contributed by atoms with Crippen molar-refractivity contribution in [3.8, 4) is 0 Å². The summed E-state index contributed by atoms with van der Waals surface area (Å²) >= 11 is 0. The molecule has 1 rings (SSSR count). The minimum Gasteiger partial charge on any atom is -0.421 e. The summed E-state index contributed by atoms with van der Waals surface area (Å²) in [6.45, 7) is 3.48. The molecule has 1 aliphatic rings. The number of sulfonamides is 2. The van der Waals surface area contributed by atoms with Crippen LogP contribution in [0, 0.1) is 0 Å². The van der Waals surface area contributed by atoms with Gasteiger partial charge in [-0.25, -0.2) is 16.8 Å². The summed E-state index contributed by atoms with van der Waals surface area (Å²) in [5, 5.41) is 0. The normalized spacial score (nSPS) is 23.0. The van der Waals surface area contributed by atoms with E-state index in [1.54, 1.807) is 21.3 Å². The molecule has 0 saturated carbocycles. The highest BCUT2D eigenvalue weighted by Crippen LogP contribution is 2.36. The predicted octanol–water partition coefficient (Wildman–Crippen LogP) is 2.87. The van der Waals surface area contributed by atoms with Gasteiger partial charge in [-0.05, 0) is 6.42 Å². The van der Waals surface area contributed by atoms with E-state index in [1.807, 2.05) is 0 Å². The van der Waals surface area contributed by atoms with E-state index in [-0.39, 0.29) is 0 Å². The van der Waals surface area contributed by atoms with E-state index in [9.17, 15) is 43.2 Å². The molecule has 0 bridgehead atoms. The molecule has 18 heteroatoms. The van der Waals surface area contributed by atoms with Gasteiger partial charge in [0.15, 0.2) is 20.0 Å². The lowest BCUT2D eigenvalue weighted by molar-refractivity contribution is -0.914. The van der Waals surface area contributed by atoms with Crippen molar-refractivity contribution in [2.45, 2.75) is 49.7 Å². The predicted molar refractivity (Wildman–Crippen MR) is 104 cm³/mol. The monoisotopic (exact) mass is 542 g/mol. The molecule has 0 aromatic heterocycles. The van der Waals surface area contributed by atoms with E-state index in [0.29, 0.717) is 0 Å². The van der Waals surface area contributed by atoms with Crippen LogP contribution in [0.4, 0.5) is 26.3 Å². The minimum absolute atomic E-state index is 0.743. The summed E-state index contributed by atoms with van der Waals surface area (Å²) in [5.41, 5.74) is -12.4. The van der Waals surface area contributed by atoms with Crippen LogP contribution in [0.25, 0.3) is 4.13 Å². The van der Waals surface area contributed by atoms with Gasteiger partial charge < -0.3 is 21.9 Å². The molecule has 0 spiro atoms. The molecule has 1 heterocycles. The van der Waals surface area contributed by atoms with Gasteiger partial charge in [0.2, 0.25) is 0 Å². The molecule has 32 heavy (non-hydrogen) atoms. The number of nitrogens with zero attached hydrogens (tertiary/aromatic N) is 2. The SMILES string of the molecule is CCCC1CCC[N+]1(C)C[Si](OC)(OC)OC.O=S(=O)([N-]S(=O)(=O)C(F)(F)F)C(F)(F)F. The Morgan fingerprint density at radius 3 is 1.66 bits per heavy atom. The molecule has 1 aliphatic heterocycles. The summed E-state index contributed by atoms with van der Waals surface area (Å²) in [6.07, 6.45) is 6.06. The summed E-state index contributed by atoms with van der Waals surface area (Å²) in [6, 6.07) is 0.743. The van der Waals surface area contributed by atoms with E-state index in [0.717, 1.165) is 20.8 Å². The van der Waals surface area contributed by atoms with Crippen LogP contribution >= 0.6 is 0 Å². The Labute approximate surface area is 185 Å². The zero-order valence-electron chi connectivity index (χ0n) is 18.2. The Bertz CT molecular complexity index is 753. The Balaban J connectivity index is 0.000000607. The topological polar surface area (TPSA) is 110 Å². The molecule has 0 amide bonds. The fourth-order valence-electron chi connectivity index (χ4n) is 3.28. The van der Waals surface area contributed by atoms with Crippen LogP contribution < -0.4 is 0 Å². The fourth-order valence-corrected chi connectivity index (χ4v) is 7.18. The van der Waals surface area contributed by atoms with E-state index < -0.39 is 39.9 Å². The molecule has 0 radical (unpaired) electrons. The Morgan fingerprint density at radius 2 is 1.34 bits per heavy atom. The third kappa shape index (κ3) is 8.07. The molecule has 9 nitrogen and oxygen atoms in total. The minimum atomic E-state index is -6.72. The molecule has 0 N–H and O–H groups in total. The number of hydrogen-bond acceptors (Lipinski definition) is 7. The molecule has 2 atom stereocenters. The van der Waals surface area contributed by atoms with Crippen molar-refractivity contribution >= 4 is 28.9 Å². The first-order valence-electron chi connectivity index (χ1n) is 9.13. The number of alkyl halides is 6. The number of halogens is 6. The summed E-state index contributed by atoms with van der Waals surface area (Å²) in [5.74, 6) is 0. The molecular formula is C14H28F6N2O7S2Si. The maximum absolute atomic E-state index is 11.4. The van der Waals surface area contributed by atoms with Crippen molar-refractivity contribution in [1.29, 1.82) is 0 Å². The average Bonchev–Trinajstić information content (AvgIpc) is 2.98. The van der Waals surface area contributed by atoms with Crippen LogP contribution in [-0.2, 0) is 33.3 Å². The van der Waals surface area contributed by atoms with E-state index in [4.69, 9.17) is 13.3 Å². The molecule has 194 valence electrons. The van der Waals surface area contributed by atoms with Crippen molar-refractivity contribution < 1.29 is 60.9 Å². The van der Waals surface area contributed by atoms with Gasteiger partial charge in [0.25, 0.3) is 0 Å². The number of quaternary nitrogens is 1. The zero-order chi connectivity index (χ0) is 25.6. The van der Waals surface area contributed by atoms with Gasteiger partial charge in [-0.15, -0.1) is 0 Å². The van der Waals surface area contributed by atoms with Gasteiger partial charge in [-0.3, -0.25) is 0 Å². The van der Waals surface area contributed by atoms with Crippen molar-refractivity contribution in [1.82, 2.24) is 0 Å². The third-order valence-corrected chi connectivity index (χ3v) is 10.7. The van der Waals surface area contributed by atoms with Gasteiger partial charge in [-0.1, -0.05) is 13.3 Å². The second-order valence-corrected chi connectivity index (χ2v) is 13.5. The maximum Gasteiger partial charge on any atom is 0.558 e. The molecule has 0 aromatic rings. The molecule has 0 aliphatic carbocycles. The molecular weight excluding hydrogens is 514 g/mol. The first kappa shape index (κ1) is 31.5. The van der Waals surface area contributed by atoms with E-state index >= 15 is 0 Å². The highest BCUT2D eigenvalue weighted by molar-refractivity contribution is 8.13. The van der Waals surface area contributed by atoms with Crippen molar-refractivity contribution in [2.24, 2.45) is 0 Å². The van der Waals surface area contributed by atoms with Crippen molar-refractivity contribution in [3.63, 3.8) is 0 Å². The van der Waals surface area contributed by atoms with E-state index in [2.05, 4.69) is 14.0 Å². The summed E-state index contributed by atoms with van der Waals surface area (Å²) in [7, 11) is -8.46. The maximum atomic E-state index is 11.4. The standard InChI is InChI=1S/C12H28NO3Si.C2F6NO4S2/c1-6-8-12-9-7-10-13(12,2)11-17(14-3,15-4)16-5;3-1(4,5)14(10,11)9-15(12,13)2(6,7)8/h12H,6-11H2,1-5H3;/q+1;-1. The zero-order valence-corrected chi connectivity index (χ0v) is 20.8. The van der Waals surface area contributed by atoms with Crippen LogP contribution in [0.5, 0.6) is 0 Å². The summed E-state index contributed by atoms with van der Waals surface area (Å²) in [4.78, 5) is 0. The first-order chi connectivity index (χ1) is 14.3. The Hall–Kier alpha value is -0.503. The first-order valence-corrected chi connectivity index (χ1v) is 13.9. The average molecular weight is 543 g/mol. The van der Waals surface area contributed by atoms with Gasteiger partial charge >= 0.3 is 19.8 Å². The summed E-state index contributed by atoms with van der Waals surface area (Å²) < 4.78 is 127. The lowest BCUT2D eigenvalue weighted by atomic mass is 10.1. The quantitative estimate of drug-likeness (QED) is 0.250. The Kier molecular flexibility index (Phi) is 11.1. The van der Waals surface area contributed by atoms with Gasteiger partial charge in [0.1, 0.15) is 6.17 Å². The lowest BCUT2D eigenvalue weighted by Crippen LogP contribution is -2.62. The molecule has 0 aromatic carbocycles. The van der Waals surface area contributed by atoms with Gasteiger partial charge in [0, 0.05) is 34.2 Å². The van der Waals surface area contributed by atoms with E-state index in [1.165, 1.54) is 32.2 Å². The smallest absolute Gasteiger partial charge is 0.421 e. The highest BCUT2D eigenvalue weighted by Gasteiger charge is 2.51. The van der Waals surface area contributed by atoms with Crippen molar-refractivity contribution in [3.05, 3.63) is 4.13 Å². The second kappa shape index (κ2) is 11.3. The number of rotatable bonds is 9. The number of likely N-dealkylation sites (tertiary alicyclic amines) is 1. The van der Waals surface area contributed by atoms with Crippen molar-refractivity contribution in [2.75, 3.05) is 41.1 Å². The Morgan fingerprint density at radius 1 is 0.938 bits per heavy atom. The van der Waals surface area contributed by atoms with Crippen LogP contribution in [0.1, 0.15) is 32.6 Å². The molecule has 1 saturated heterocycles. The van der Waals surface area contributed by atoms with Gasteiger partial charge in [0.05, 0.1) is 19.6 Å². The fraction of sp³-hybridized carbons (Fsp3) is 1.00. The lowest BCUT2D eigenvalue weighted by Gasteiger charge is -2.40. The second-order valence-electron chi connectivity index (χ2n) is 7.16. The van der Waals surface area contributed by atoms with Crippen LogP contribution in [0.3, 0.4) is 0 Å². The molecule has 1 fully saturated rings. The highest BCUT2D eigenvalue weighted by atomic mass is 32.3. The molecule has 2 unspecified atom stereocenters. The van der Waals surface area contributed by atoms with Crippen LogP contribution in [0.2, 0.25) is 0 Å². The largest absolute Gasteiger partial charge is 0.558 e. The van der Waals surface area contributed by atoms with Gasteiger partial charge in [-0.2, -0.15) is 26.3 Å². The van der Waals surface area contributed by atoms with Crippen LogP contribution in [-0.4, -0.2) is 88.3 Å². The van der Waals surface area contributed by atoms with Crippen LogP contribution in [0.15, 0.2) is 0 Å². The number of hydrogen-bond donors (Lipinski definition) is 0.